The van der Waals surface area contributed by atoms with Crippen LogP contribution in [0.25, 0.3) is 0 Å². The van der Waals surface area contributed by atoms with Gasteiger partial charge in [-0.15, -0.1) is 5.10 Å². The van der Waals surface area contributed by atoms with E-state index in [9.17, 15) is 18.0 Å². The molecule has 1 aliphatic rings. The zero-order chi connectivity index (χ0) is 14.8. The third-order valence-electron chi connectivity index (χ3n) is 3.38. The van der Waals surface area contributed by atoms with Crippen molar-refractivity contribution in [1.82, 2.24) is 30.0 Å². The van der Waals surface area contributed by atoms with Crippen LogP contribution in [0, 0.1) is 0 Å². The van der Waals surface area contributed by atoms with E-state index in [0.717, 1.165) is 6.92 Å². The average molecular weight is 292 g/mol. The van der Waals surface area contributed by atoms with Gasteiger partial charge in [-0.1, -0.05) is 0 Å². The second-order valence-electron chi connectivity index (χ2n) is 4.64. The highest BCUT2D eigenvalue weighted by molar-refractivity contribution is 5.75. The van der Waals surface area contributed by atoms with E-state index in [4.69, 9.17) is 0 Å². The van der Waals surface area contributed by atoms with Crippen molar-refractivity contribution < 1.29 is 18.0 Å². The van der Waals surface area contributed by atoms with Crippen LogP contribution in [-0.2, 0) is 11.3 Å². The third kappa shape index (κ3) is 3.44. The number of hydrogen-bond donors (Lipinski definition) is 0. The Kier molecular flexibility index (Phi) is 4.21. The van der Waals surface area contributed by atoms with Crippen molar-refractivity contribution in [3.8, 4) is 0 Å². The molecule has 7 nitrogen and oxygen atoms in total. The third-order valence-corrected chi connectivity index (χ3v) is 3.38. The summed E-state index contributed by atoms with van der Waals surface area (Å²) >= 11 is 0. The van der Waals surface area contributed by atoms with Crippen molar-refractivity contribution in [2.24, 2.45) is 0 Å². The van der Waals surface area contributed by atoms with Crippen LogP contribution in [-0.4, -0.2) is 74.3 Å². The number of carbonyl (C=O) groups excluding carboxylic acids is 1. The Balaban J connectivity index is 1.83. The second-order valence-corrected chi connectivity index (χ2v) is 4.64. The fourth-order valence-corrected chi connectivity index (χ4v) is 2.06. The fourth-order valence-electron chi connectivity index (χ4n) is 2.06. The molecule has 1 fully saturated rings. The summed E-state index contributed by atoms with van der Waals surface area (Å²) in [5.74, 6) is -0.198. The number of amides is 1. The van der Waals surface area contributed by atoms with E-state index < -0.39 is 12.2 Å². The summed E-state index contributed by atoms with van der Waals surface area (Å²) < 4.78 is 39.1. The van der Waals surface area contributed by atoms with Crippen LogP contribution in [0.15, 0.2) is 6.33 Å². The number of piperazine rings is 1. The van der Waals surface area contributed by atoms with Crippen LogP contribution in [0.1, 0.15) is 6.92 Å². The highest BCUT2D eigenvalue weighted by Gasteiger charge is 2.41. The van der Waals surface area contributed by atoms with E-state index in [2.05, 4.69) is 15.5 Å². The largest absolute Gasteiger partial charge is 0.403 e. The molecule has 2 heterocycles. The Morgan fingerprint density at radius 3 is 2.45 bits per heavy atom. The van der Waals surface area contributed by atoms with Crippen molar-refractivity contribution >= 4 is 5.91 Å². The van der Waals surface area contributed by atoms with E-state index in [1.54, 1.807) is 0 Å². The van der Waals surface area contributed by atoms with E-state index in [1.165, 1.54) is 20.8 Å². The minimum absolute atomic E-state index is 0.00181. The molecule has 1 atom stereocenters. The Labute approximate surface area is 113 Å². The quantitative estimate of drug-likeness (QED) is 0.770. The summed E-state index contributed by atoms with van der Waals surface area (Å²) in [6.45, 7) is 2.12. The van der Waals surface area contributed by atoms with E-state index >= 15 is 0 Å². The molecule has 20 heavy (non-hydrogen) atoms. The predicted molar refractivity (Wildman–Crippen MR) is 61.5 cm³/mol. The van der Waals surface area contributed by atoms with Crippen molar-refractivity contribution in [2.45, 2.75) is 25.7 Å². The number of nitrogens with zero attached hydrogens (tertiary/aromatic N) is 6. The summed E-state index contributed by atoms with van der Waals surface area (Å²) in [5, 5.41) is 10.4. The van der Waals surface area contributed by atoms with Gasteiger partial charge in [-0.3, -0.25) is 9.69 Å². The smallest absolute Gasteiger partial charge is 0.339 e. The molecular weight excluding hydrogens is 277 g/mol. The normalized spacial score (nSPS) is 19.1. The maximum atomic E-state index is 12.6. The highest BCUT2D eigenvalue weighted by Crippen LogP contribution is 2.25. The van der Waals surface area contributed by atoms with Crippen molar-refractivity contribution in [3.05, 3.63) is 6.33 Å². The molecule has 2 rings (SSSR count). The number of alkyl halides is 3. The van der Waals surface area contributed by atoms with Crippen LogP contribution in [0.2, 0.25) is 0 Å². The fraction of sp³-hybridized carbons (Fsp3) is 0.800. The molecule has 1 aromatic rings. The summed E-state index contributed by atoms with van der Waals surface area (Å²) in [6, 6.07) is -1.49. The Morgan fingerprint density at radius 2 is 1.95 bits per heavy atom. The van der Waals surface area contributed by atoms with Crippen LogP contribution in [0.3, 0.4) is 0 Å². The molecule has 0 N–H and O–H groups in total. The Bertz CT molecular complexity index is 440. The monoisotopic (exact) mass is 292 g/mol. The van der Waals surface area contributed by atoms with Gasteiger partial charge in [0.25, 0.3) is 0 Å². The molecule has 0 bridgehead atoms. The summed E-state index contributed by atoms with van der Waals surface area (Å²) in [7, 11) is 0. The lowest BCUT2D eigenvalue weighted by molar-refractivity contribution is -0.183. The number of tetrazole rings is 1. The lowest BCUT2D eigenvalue weighted by Gasteiger charge is -2.38. The molecule has 0 spiro atoms. The van der Waals surface area contributed by atoms with Gasteiger partial charge < -0.3 is 4.90 Å². The summed E-state index contributed by atoms with van der Waals surface area (Å²) in [5.41, 5.74) is 0. The van der Waals surface area contributed by atoms with Crippen molar-refractivity contribution in [3.63, 3.8) is 0 Å². The van der Waals surface area contributed by atoms with E-state index in [1.807, 2.05) is 0 Å². The topological polar surface area (TPSA) is 67.2 Å². The first-order chi connectivity index (χ1) is 9.38. The molecule has 0 saturated carbocycles. The standard InChI is InChI=1S/C10H15F3N6O/c1-8(10(11,12)13)17-2-4-18(5-3-17)9(20)6-19-7-14-15-16-19/h7-8H,2-6H2,1H3. The van der Waals surface area contributed by atoms with Gasteiger partial charge >= 0.3 is 6.18 Å². The molecule has 0 aromatic carbocycles. The highest BCUT2D eigenvalue weighted by atomic mass is 19.4. The number of aromatic nitrogens is 4. The molecule has 0 aliphatic carbocycles. The molecule has 1 aliphatic heterocycles. The lowest BCUT2D eigenvalue weighted by atomic mass is 10.2. The number of hydrogen-bond acceptors (Lipinski definition) is 5. The molecule has 0 radical (unpaired) electrons. The van der Waals surface area contributed by atoms with Crippen LogP contribution in [0.5, 0.6) is 0 Å². The van der Waals surface area contributed by atoms with Gasteiger partial charge in [0.15, 0.2) is 0 Å². The minimum atomic E-state index is -4.24. The molecule has 112 valence electrons. The first kappa shape index (κ1) is 14.7. The van der Waals surface area contributed by atoms with Crippen LogP contribution in [0.4, 0.5) is 13.2 Å². The number of rotatable bonds is 3. The Morgan fingerprint density at radius 1 is 1.30 bits per heavy atom. The Hall–Kier alpha value is -1.71. The van der Waals surface area contributed by atoms with Crippen LogP contribution < -0.4 is 0 Å². The molecule has 1 saturated heterocycles. The molecule has 1 aromatic heterocycles. The maximum Gasteiger partial charge on any atom is 0.403 e. The first-order valence-electron chi connectivity index (χ1n) is 6.17. The minimum Gasteiger partial charge on any atom is -0.339 e. The van der Waals surface area contributed by atoms with Gasteiger partial charge in [0.05, 0.1) is 0 Å². The van der Waals surface area contributed by atoms with Gasteiger partial charge in [0.2, 0.25) is 5.91 Å². The van der Waals surface area contributed by atoms with Crippen molar-refractivity contribution in [2.75, 3.05) is 26.2 Å². The summed E-state index contributed by atoms with van der Waals surface area (Å²) in [6.07, 6.45) is -2.92. The van der Waals surface area contributed by atoms with Gasteiger partial charge in [-0.25, -0.2) is 4.68 Å². The maximum absolute atomic E-state index is 12.6. The number of halogens is 3. The predicted octanol–water partition coefficient (Wildman–Crippen LogP) is -0.232. The SMILES string of the molecule is CC(N1CCN(C(=O)Cn2cnnn2)CC1)C(F)(F)F. The van der Waals surface area contributed by atoms with E-state index in [0.29, 0.717) is 0 Å². The number of carbonyl (C=O) groups is 1. The van der Waals surface area contributed by atoms with Gasteiger partial charge in [-0.2, -0.15) is 13.2 Å². The second kappa shape index (κ2) is 5.73. The zero-order valence-corrected chi connectivity index (χ0v) is 10.9. The molecular formula is C10H15F3N6O. The molecule has 1 unspecified atom stereocenters. The van der Waals surface area contributed by atoms with E-state index in [-0.39, 0.29) is 38.6 Å². The van der Waals surface area contributed by atoms with Crippen molar-refractivity contribution in [1.29, 1.82) is 0 Å². The van der Waals surface area contributed by atoms with Gasteiger partial charge in [-0.05, 0) is 17.4 Å². The molecule has 1 amide bonds. The average Bonchev–Trinajstić information content (AvgIpc) is 2.90. The van der Waals surface area contributed by atoms with Gasteiger partial charge in [0.1, 0.15) is 18.9 Å². The zero-order valence-electron chi connectivity index (χ0n) is 10.9. The van der Waals surface area contributed by atoms with Gasteiger partial charge in [0, 0.05) is 26.2 Å². The van der Waals surface area contributed by atoms with Crippen LogP contribution >= 0.6 is 0 Å². The lowest BCUT2D eigenvalue weighted by Crippen LogP contribution is -2.55. The first-order valence-corrected chi connectivity index (χ1v) is 6.17. The summed E-state index contributed by atoms with van der Waals surface area (Å²) in [4.78, 5) is 14.8. The molecule has 10 heteroatoms.